The third kappa shape index (κ3) is 3.74. The Kier molecular flexibility index (Phi) is 4.71. The Morgan fingerprint density at radius 2 is 1.89 bits per heavy atom. The Morgan fingerprint density at radius 3 is 2.44 bits per heavy atom. The maximum Gasteiger partial charge on any atom is 0.0644 e. The summed E-state index contributed by atoms with van der Waals surface area (Å²) in [7, 11) is 0. The van der Waals surface area contributed by atoms with E-state index in [1.54, 1.807) is 0 Å². The van der Waals surface area contributed by atoms with Crippen LogP contribution in [0.5, 0.6) is 0 Å². The number of benzene rings is 1. The molecule has 1 atom stereocenters. The summed E-state index contributed by atoms with van der Waals surface area (Å²) in [6, 6.07) is 10.6. The highest BCUT2D eigenvalue weighted by molar-refractivity contribution is 7.80. The lowest BCUT2D eigenvalue weighted by atomic mass is 9.92. The predicted molar refractivity (Wildman–Crippen MR) is 79.3 cm³/mol. The molecule has 1 aliphatic rings. The summed E-state index contributed by atoms with van der Waals surface area (Å²) < 4.78 is 0. The first-order chi connectivity index (χ1) is 8.61. The largest absolute Gasteiger partial charge is 0.390 e. The SMILES string of the molecule is CC1(O)CCN(CC(CS)c2ccccc2)CC1. The van der Waals surface area contributed by atoms with Gasteiger partial charge >= 0.3 is 0 Å². The van der Waals surface area contributed by atoms with Crippen LogP contribution in [0.4, 0.5) is 0 Å². The highest BCUT2D eigenvalue weighted by atomic mass is 32.1. The first-order valence-electron chi connectivity index (χ1n) is 6.71. The Bertz CT molecular complexity index is 356. The number of rotatable bonds is 4. The van der Waals surface area contributed by atoms with Gasteiger partial charge in [0, 0.05) is 25.6 Å². The molecule has 0 spiro atoms. The van der Waals surface area contributed by atoms with E-state index in [-0.39, 0.29) is 0 Å². The van der Waals surface area contributed by atoms with Crippen molar-refractivity contribution in [2.45, 2.75) is 31.3 Å². The standard InChI is InChI=1S/C15H23NOS/c1-15(17)7-9-16(10-8-15)11-14(12-18)13-5-3-2-4-6-13/h2-6,14,17-18H,7-12H2,1H3. The van der Waals surface area contributed by atoms with Crippen LogP contribution < -0.4 is 0 Å². The minimum Gasteiger partial charge on any atom is -0.390 e. The van der Waals surface area contributed by atoms with E-state index >= 15 is 0 Å². The van der Waals surface area contributed by atoms with Crippen molar-refractivity contribution in [3.63, 3.8) is 0 Å². The van der Waals surface area contributed by atoms with Gasteiger partial charge in [-0.15, -0.1) is 0 Å². The van der Waals surface area contributed by atoms with Gasteiger partial charge in [0.05, 0.1) is 5.60 Å². The van der Waals surface area contributed by atoms with Crippen LogP contribution >= 0.6 is 12.6 Å². The second-order valence-corrected chi connectivity index (χ2v) is 5.95. The van der Waals surface area contributed by atoms with E-state index in [1.807, 2.05) is 6.92 Å². The summed E-state index contributed by atoms with van der Waals surface area (Å²) in [5.41, 5.74) is 0.907. The van der Waals surface area contributed by atoms with E-state index in [9.17, 15) is 5.11 Å². The van der Waals surface area contributed by atoms with Crippen molar-refractivity contribution in [1.29, 1.82) is 0 Å². The van der Waals surface area contributed by atoms with E-state index in [0.717, 1.165) is 38.2 Å². The fourth-order valence-electron chi connectivity index (χ4n) is 2.52. The molecule has 0 aliphatic carbocycles. The number of aliphatic hydroxyl groups is 1. The minimum absolute atomic E-state index is 0.459. The van der Waals surface area contributed by atoms with Crippen LogP contribution in [0.1, 0.15) is 31.2 Å². The zero-order valence-electron chi connectivity index (χ0n) is 11.0. The quantitative estimate of drug-likeness (QED) is 0.817. The van der Waals surface area contributed by atoms with Crippen molar-refractivity contribution in [3.05, 3.63) is 35.9 Å². The van der Waals surface area contributed by atoms with Gasteiger partial charge in [-0.1, -0.05) is 30.3 Å². The van der Waals surface area contributed by atoms with Gasteiger partial charge in [-0.2, -0.15) is 12.6 Å². The maximum absolute atomic E-state index is 9.96. The second kappa shape index (κ2) is 6.09. The van der Waals surface area contributed by atoms with Crippen LogP contribution in [-0.4, -0.2) is 41.0 Å². The summed E-state index contributed by atoms with van der Waals surface area (Å²) in [6.45, 7) is 4.97. The van der Waals surface area contributed by atoms with Gasteiger partial charge in [0.25, 0.3) is 0 Å². The molecule has 1 N–H and O–H groups in total. The zero-order chi connectivity index (χ0) is 13.0. The average Bonchev–Trinajstić information content (AvgIpc) is 2.39. The van der Waals surface area contributed by atoms with Gasteiger partial charge in [0.1, 0.15) is 0 Å². The Hall–Kier alpha value is -0.510. The normalized spacial score (nSPS) is 21.7. The van der Waals surface area contributed by atoms with Gasteiger partial charge in [-0.05, 0) is 31.1 Å². The van der Waals surface area contributed by atoms with Crippen LogP contribution in [0.25, 0.3) is 0 Å². The van der Waals surface area contributed by atoms with Gasteiger partial charge in [0.2, 0.25) is 0 Å². The molecule has 100 valence electrons. The molecule has 1 fully saturated rings. The highest BCUT2D eigenvalue weighted by Gasteiger charge is 2.28. The van der Waals surface area contributed by atoms with Crippen LogP contribution in [0, 0.1) is 0 Å². The fraction of sp³-hybridized carbons (Fsp3) is 0.600. The molecule has 1 aliphatic heterocycles. The number of hydrogen-bond acceptors (Lipinski definition) is 3. The van der Waals surface area contributed by atoms with Crippen LogP contribution in [0.3, 0.4) is 0 Å². The summed E-state index contributed by atoms with van der Waals surface area (Å²) in [6.07, 6.45) is 1.75. The first kappa shape index (κ1) is 13.9. The van der Waals surface area contributed by atoms with Crippen LogP contribution in [-0.2, 0) is 0 Å². The number of likely N-dealkylation sites (tertiary alicyclic amines) is 1. The van der Waals surface area contributed by atoms with Gasteiger partial charge in [-0.3, -0.25) is 0 Å². The number of hydrogen-bond donors (Lipinski definition) is 2. The van der Waals surface area contributed by atoms with Crippen LogP contribution in [0.2, 0.25) is 0 Å². The number of nitrogens with zero attached hydrogens (tertiary/aromatic N) is 1. The predicted octanol–water partition coefficient (Wildman–Crippen LogP) is 2.55. The lowest BCUT2D eigenvalue weighted by Crippen LogP contribution is -2.44. The molecule has 0 saturated carbocycles. The van der Waals surface area contributed by atoms with Crippen molar-refractivity contribution in [2.24, 2.45) is 0 Å². The molecule has 1 aromatic carbocycles. The molecule has 0 amide bonds. The lowest BCUT2D eigenvalue weighted by Gasteiger charge is -2.37. The molecule has 1 saturated heterocycles. The molecule has 0 aromatic heterocycles. The van der Waals surface area contributed by atoms with Gasteiger partial charge in [0.15, 0.2) is 0 Å². The topological polar surface area (TPSA) is 23.5 Å². The van der Waals surface area contributed by atoms with Gasteiger partial charge in [-0.25, -0.2) is 0 Å². The minimum atomic E-state index is -0.459. The molecular formula is C15H23NOS. The summed E-state index contributed by atoms with van der Waals surface area (Å²) in [5.74, 6) is 1.36. The van der Waals surface area contributed by atoms with Crippen LogP contribution in [0.15, 0.2) is 30.3 Å². The summed E-state index contributed by atoms with van der Waals surface area (Å²) in [5, 5.41) is 9.96. The monoisotopic (exact) mass is 265 g/mol. The maximum atomic E-state index is 9.96. The fourth-order valence-corrected chi connectivity index (χ4v) is 2.85. The lowest BCUT2D eigenvalue weighted by molar-refractivity contribution is -0.00616. The molecule has 0 radical (unpaired) electrons. The smallest absolute Gasteiger partial charge is 0.0644 e. The summed E-state index contributed by atoms with van der Waals surface area (Å²) >= 11 is 4.48. The van der Waals surface area contributed by atoms with Crippen molar-refractivity contribution in [1.82, 2.24) is 4.90 Å². The molecule has 2 nitrogen and oxygen atoms in total. The van der Waals surface area contributed by atoms with Gasteiger partial charge < -0.3 is 10.0 Å². The van der Waals surface area contributed by atoms with E-state index in [4.69, 9.17) is 0 Å². The van der Waals surface area contributed by atoms with Crippen molar-refractivity contribution in [2.75, 3.05) is 25.4 Å². The molecule has 18 heavy (non-hydrogen) atoms. The van der Waals surface area contributed by atoms with E-state index in [0.29, 0.717) is 5.92 Å². The zero-order valence-corrected chi connectivity index (χ0v) is 11.9. The average molecular weight is 265 g/mol. The molecule has 1 unspecified atom stereocenters. The van der Waals surface area contributed by atoms with E-state index in [1.165, 1.54) is 5.56 Å². The number of thiol groups is 1. The number of piperidine rings is 1. The van der Waals surface area contributed by atoms with E-state index in [2.05, 4.69) is 47.9 Å². The van der Waals surface area contributed by atoms with Crippen molar-refractivity contribution >= 4 is 12.6 Å². The van der Waals surface area contributed by atoms with Crippen molar-refractivity contribution < 1.29 is 5.11 Å². The molecule has 2 rings (SSSR count). The molecule has 1 heterocycles. The molecule has 0 bridgehead atoms. The molecule has 3 heteroatoms. The van der Waals surface area contributed by atoms with E-state index < -0.39 is 5.60 Å². The first-order valence-corrected chi connectivity index (χ1v) is 7.34. The third-order valence-electron chi connectivity index (χ3n) is 3.90. The molecule has 1 aromatic rings. The molecular weight excluding hydrogens is 242 g/mol. The van der Waals surface area contributed by atoms with Crippen molar-refractivity contribution in [3.8, 4) is 0 Å². The Balaban J connectivity index is 1.92. The highest BCUT2D eigenvalue weighted by Crippen LogP contribution is 2.24. The Morgan fingerprint density at radius 1 is 1.28 bits per heavy atom. The second-order valence-electron chi connectivity index (χ2n) is 5.59. The third-order valence-corrected chi connectivity index (χ3v) is 4.34. The summed E-state index contributed by atoms with van der Waals surface area (Å²) in [4.78, 5) is 2.45. The Labute approximate surface area is 115 Å².